The largest absolute Gasteiger partial charge is 0.467 e. The fourth-order valence-electron chi connectivity index (χ4n) is 1.75. The molecule has 0 spiro atoms. The van der Waals surface area contributed by atoms with Crippen molar-refractivity contribution in [3.05, 3.63) is 14.9 Å². The number of hydrogen-bond donors (Lipinski definition) is 2. The van der Waals surface area contributed by atoms with E-state index < -0.39 is 23.5 Å². The fraction of sp³-hybridized carbons (Fsp3) is 0.500. The van der Waals surface area contributed by atoms with E-state index in [2.05, 4.69) is 31.3 Å². The molecule has 0 aromatic carbocycles. The predicted octanol–water partition coefficient (Wildman–Crippen LogP) is 3.07. The summed E-state index contributed by atoms with van der Waals surface area (Å²) in [5.74, 6) is -1.10. The van der Waals surface area contributed by atoms with Gasteiger partial charge >= 0.3 is 18.0 Å². The average molecular weight is 407 g/mol. The van der Waals surface area contributed by atoms with Gasteiger partial charge in [0.05, 0.1) is 23.1 Å². The standard InChI is InChI=1S/C14H19BrN2O5S/c1-6-22-11(18)8-7(2)9(15)23-10(8)16-13(20)17-14(3,4)12(19)21-5/h6H2,1-5H3,(H2,16,17,20). The van der Waals surface area contributed by atoms with E-state index in [9.17, 15) is 14.4 Å². The third-order valence-electron chi connectivity index (χ3n) is 2.92. The zero-order chi connectivity index (χ0) is 17.8. The maximum Gasteiger partial charge on any atom is 0.341 e. The lowest BCUT2D eigenvalue weighted by atomic mass is 10.1. The first-order chi connectivity index (χ1) is 10.6. The maximum absolute atomic E-state index is 12.1. The lowest BCUT2D eigenvalue weighted by Crippen LogP contribution is -2.51. The minimum atomic E-state index is -1.20. The molecule has 1 aromatic rings. The summed E-state index contributed by atoms with van der Waals surface area (Å²) in [7, 11) is 1.24. The number of esters is 2. The van der Waals surface area contributed by atoms with Gasteiger partial charge in [0.25, 0.3) is 0 Å². The smallest absolute Gasteiger partial charge is 0.341 e. The summed E-state index contributed by atoms with van der Waals surface area (Å²) in [5, 5.41) is 5.41. The van der Waals surface area contributed by atoms with Gasteiger partial charge in [0.2, 0.25) is 0 Å². The summed E-state index contributed by atoms with van der Waals surface area (Å²) < 4.78 is 10.3. The molecule has 0 bridgehead atoms. The lowest BCUT2D eigenvalue weighted by molar-refractivity contribution is -0.146. The molecule has 128 valence electrons. The van der Waals surface area contributed by atoms with E-state index in [0.717, 1.165) is 0 Å². The van der Waals surface area contributed by atoms with Crippen LogP contribution in [0.4, 0.5) is 9.80 Å². The van der Waals surface area contributed by atoms with Crippen LogP contribution < -0.4 is 10.6 Å². The molecule has 0 saturated heterocycles. The summed E-state index contributed by atoms with van der Waals surface area (Å²) in [6.07, 6.45) is 0. The van der Waals surface area contributed by atoms with Crippen molar-refractivity contribution >= 4 is 50.2 Å². The van der Waals surface area contributed by atoms with Crippen LogP contribution in [0, 0.1) is 6.92 Å². The number of carbonyl (C=O) groups is 3. The zero-order valence-electron chi connectivity index (χ0n) is 13.5. The van der Waals surface area contributed by atoms with Crippen molar-refractivity contribution in [2.45, 2.75) is 33.2 Å². The second kappa shape index (κ2) is 7.78. The summed E-state index contributed by atoms with van der Waals surface area (Å²) in [5.41, 5.74) is -0.238. The highest BCUT2D eigenvalue weighted by molar-refractivity contribution is 9.11. The number of methoxy groups -OCH3 is 1. The van der Waals surface area contributed by atoms with Crippen LogP contribution in [0.25, 0.3) is 0 Å². The first-order valence-corrected chi connectivity index (χ1v) is 8.38. The Morgan fingerprint density at radius 2 is 1.91 bits per heavy atom. The Morgan fingerprint density at radius 3 is 2.43 bits per heavy atom. The number of thiophene rings is 1. The van der Waals surface area contributed by atoms with Gasteiger partial charge < -0.3 is 14.8 Å². The molecule has 23 heavy (non-hydrogen) atoms. The van der Waals surface area contributed by atoms with E-state index >= 15 is 0 Å². The summed E-state index contributed by atoms with van der Waals surface area (Å²) in [6.45, 7) is 6.70. The van der Waals surface area contributed by atoms with Crippen molar-refractivity contribution in [1.29, 1.82) is 0 Å². The van der Waals surface area contributed by atoms with Gasteiger partial charge in [0, 0.05) is 0 Å². The minimum absolute atomic E-state index is 0.229. The number of amides is 2. The van der Waals surface area contributed by atoms with Crippen molar-refractivity contribution in [2.75, 3.05) is 19.0 Å². The van der Waals surface area contributed by atoms with E-state index in [-0.39, 0.29) is 12.2 Å². The molecular formula is C14H19BrN2O5S. The highest BCUT2D eigenvalue weighted by atomic mass is 79.9. The molecule has 0 fully saturated rings. The molecule has 7 nitrogen and oxygen atoms in total. The fourth-order valence-corrected chi connectivity index (χ4v) is 3.35. The highest BCUT2D eigenvalue weighted by Crippen LogP contribution is 2.37. The Kier molecular flexibility index (Phi) is 6.57. The quantitative estimate of drug-likeness (QED) is 0.732. The molecule has 0 saturated carbocycles. The second-order valence-electron chi connectivity index (χ2n) is 5.12. The number of ether oxygens (including phenoxy) is 2. The van der Waals surface area contributed by atoms with Gasteiger partial charge in [-0.3, -0.25) is 5.32 Å². The molecule has 1 heterocycles. The number of carbonyl (C=O) groups excluding carboxylic acids is 3. The van der Waals surface area contributed by atoms with Crippen molar-refractivity contribution in [2.24, 2.45) is 0 Å². The molecule has 2 amide bonds. The zero-order valence-corrected chi connectivity index (χ0v) is 15.9. The van der Waals surface area contributed by atoms with Gasteiger partial charge in [-0.1, -0.05) is 0 Å². The molecule has 2 N–H and O–H groups in total. The Bertz CT molecular complexity index is 627. The molecule has 1 aromatic heterocycles. The first-order valence-electron chi connectivity index (χ1n) is 6.77. The Hall–Kier alpha value is -1.61. The van der Waals surface area contributed by atoms with Gasteiger partial charge in [-0.25, -0.2) is 14.4 Å². The van der Waals surface area contributed by atoms with Crippen LogP contribution in [-0.2, 0) is 14.3 Å². The van der Waals surface area contributed by atoms with E-state index in [4.69, 9.17) is 4.74 Å². The minimum Gasteiger partial charge on any atom is -0.467 e. The van der Waals surface area contributed by atoms with Gasteiger partial charge in [0.15, 0.2) is 0 Å². The van der Waals surface area contributed by atoms with Crippen LogP contribution in [0.1, 0.15) is 36.7 Å². The van der Waals surface area contributed by atoms with Crippen LogP contribution in [0.3, 0.4) is 0 Å². The van der Waals surface area contributed by atoms with Crippen molar-refractivity contribution in [3.8, 4) is 0 Å². The van der Waals surface area contributed by atoms with Gasteiger partial charge in [-0.2, -0.15) is 0 Å². The Morgan fingerprint density at radius 1 is 1.30 bits per heavy atom. The lowest BCUT2D eigenvalue weighted by Gasteiger charge is -2.23. The SMILES string of the molecule is CCOC(=O)c1c(NC(=O)NC(C)(C)C(=O)OC)sc(Br)c1C. The van der Waals surface area contributed by atoms with Crippen molar-refractivity contribution in [3.63, 3.8) is 0 Å². The maximum atomic E-state index is 12.1. The average Bonchev–Trinajstić information content (AvgIpc) is 2.72. The normalized spacial score (nSPS) is 10.9. The number of anilines is 1. The van der Waals surface area contributed by atoms with E-state index in [1.54, 1.807) is 13.8 Å². The predicted molar refractivity (Wildman–Crippen MR) is 91.0 cm³/mol. The summed E-state index contributed by atoms with van der Waals surface area (Å²) in [4.78, 5) is 35.7. The molecule has 0 aliphatic heterocycles. The summed E-state index contributed by atoms with van der Waals surface area (Å²) in [6, 6.07) is -0.625. The van der Waals surface area contributed by atoms with Gasteiger partial charge in [0.1, 0.15) is 10.5 Å². The van der Waals surface area contributed by atoms with E-state index in [1.807, 2.05) is 0 Å². The third-order valence-corrected chi connectivity index (χ3v) is 4.99. The first kappa shape index (κ1) is 19.4. The molecular weight excluding hydrogens is 388 g/mol. The van der Waals surface area contributed by atoms with Crippen molar-refractivity contribution < 1.29 is 23.9 Å². The molecule has 0 radical (unpaired) electrons. The number of hydrogen-bond acceptors (Lipinski definition) is 6. The highest BCUT2D eigenvalue weighted by Gasteiger charge is 2.31. The number of halogens is 1. The number of nitrogens with one attached hydrogen (secondary N) is 2. The molecule has 0 atom stereocenters. The van der Waals surface area contributed by atoms with E-state index in [0.29, 0.717) is 14.4 Å². The van der Waals surface area contributed by atoms with Gasteiger partial charge in [-0.15, -0.1) is 11.3 Å². The van der Waals surface area contributed by atoms with Crippen LogP contribution >= 0.6 is 27.3 Å². The van der Waals surface area contributed by atoms with Crippen LogP contribution in [0.5, 0.6) is 0 Å². The van der Waals surface area contributed by atoms with Crippen LogP contribution in [0.2, 0.25) is 0 Å². The van der Waals surface area contributed by atoms with E-state index in [1.165, 1.54) is 32.3 Å². The number of rotatable bonds is 5. The third kappa shape index (κ3) is 4.68. The Balaban J connectivity index is 2.97. The summed E-state index contributed by atoms with van der Waals surface area (Å²) >= 11 is 4.53. The van der Waals surface area contributed by atoms with Crippen molar-refractivity contribution in [1.82, 2.24) is 5.32 Å². The second-order valence-corrected chi connectivity index (χ2v) is 7.46. The van der Waals surface area contributed by atoms with Crippen LogP contribution in [0.15, 0.2) is 3.79 Å². The molecule has 0 aliphatic rings. The van der Waals surface area contributed by atoms with Gasteiger partial charge in [-0.05, 0) is 49.2 Å². The molecule has 1 rings (SSSR count). The topological polar surface area (TPSA) is 93.7 Å². The Labute approximate surface area is 146 Å². The molecule has 0 aliphatic carbocycles. The number of urea groups is 1. The molecule has 0 unspecified atom stereocenters. The van der Waals surface area contributed by atoms with Crippen LogP contribution in [-0.4, -0.2) is 37.2 Å². The monoisotopic (exact) mass is 406 g/mol. The molecule has 9 heteroatoms.